The average Bonchev–Trinajstić information content (AvgIpc) is 3.09. The fraction of sp³-hybridized carbons (Fsp3) is 0.444. The summed E-state index contributed by atoms with van der Waals surface area (Å²) in [6.45, 7) is 3.60. The van der Waals surface area contributed by atoms with Gasteiger partial charge in [-0.2, -0.15) is 0 Å². The van der Waals surface area contributed by atoms with Crippen LogP contribution in [-0.2, 0) is 22.3 Å². The average molecular weight is 399 g/mol. The molecule has 7 heteroatoms. The molecule has 1 aromatic heterocycles. The number of rotatable bonds is 7. The van der Waals surface area contributed by atoms with E-state index in [1.807, 2.05) is 0 Å². The Morgan fingerprint density at radius 1 is 1.16 bits per heavy atom. The lowest BCUT2D eigenvalue weighted by molar-refractivity contribution is 0.180. The van der Waals surface area contributed by atoms with Crippen LogP contribution in [0.15, 0.2) is 41.8 Å². The monoisotopic (exact) mass is 398 g/mol. The second kappa shape index (κ2) is 8.64. The molecule has 25 heavy (non-hydrogen) atoms. The van der Waals surface area contributed by atoms with Gasteiger partial charge in [0.15, 0.2) is 0 Å². The van der Waals surface area contributed by atoms with E-state index >= 15 is 0 Å². The van der Waals surface area contributed by atoms with Crippen molar-refractivity contribution in [1.29, 1.82) is 0 Å². The number of halogens is 1. The number of hydrogen-bond acceptors (Lipinski definition) is 4. The first-order valence-corrected chi connectivity index (χ1v) is 11.4. The van der Waals surface area contributed by atoms with Crippen molar-refractivity contribution in [3.05, 3.63) is 57.2 Å². The Morgan fingerprint density at radius 2 is 1.88 bits per heavy atom. The number of benzene rings is 1. The third kappa shape index (κ3) is 6.08. The van der Waals surface area contributed by atoms with E-state index in [-0.39, 0.29) is 5.75 Å². The molecule has 0 unspecified atom stereocenters. The molecule has 0 aliphatic carbocycles. The van der Waals surface area contributed by atoms with Crippen LogP contribution in [0.25, 0.3) is 0 Å². The van der Waals surface area contributed by atoms with E-state index in [1.54, 1.807) is 35.6 Å². The lowest BCUT2D eigenvalue weighted by Gasteiger charge is -2.31. The standard InChI is InChI=1S/C18H23ClN2O2S2/c19-17-5-3-16(4-6-17)14-25(22,23)20-12-15-7-9-21(10-8-15)13-18-2-1-11-24-18/h1-6,11,15,20H,7-10,12-14H2. The molecule has 4 nitrogen and oxygen atoms in total. The van der Waals surface area contributed by atoms with Crippen LogP contribution < -0.4 is 4.72 Å². The van der Waals surface area contributed by atoms with Crippen molar-refractivity contribution in [2.24, 2.45) is 5.92 Å². The number of thiophene rings is 1. The second-order valence-corrected chi connectivity index (χ2v) is 9.81. The molecule has 1 aromatic carbocycles. The summed E-state index contributed by atoms with van der Waals surface area (Å²) < 4.78 is 27.3. The van der Waals surface area contributed by atoms with Gasteiger partial charge in [0, 0.05) is 23.0 Å². The molecule has 0 radical (unpaired) electrons. The summed E-state index contributed by atoms with van der Waals surface area (Å²) in [7, 11) is -3.31. The zero-order valence-corrected chi connectivity index (χ0v) is 16.4. The molecule has 1 N–H and O–H groups in total. The van der Waals surface area contributed by atoms with Crippen molar-refractivity contribution in [2.45, 2.75) is 25.1 Å². The van der Waals surface area contributed by atoms with Gasteiger partial charge in [-0.05, 0) is 61.0 Å². The Kier molecular flexibility index (Phi) is 6.52. The van der Waals surface area contributed by atoms with Gasteiger partial charge in [-0.25, -0.2) is 13.1 Å². The summed E-state index contributed by atoms with van der Waals surface area (Å²) in [5.74, 6) is 0.418. The lowest BCUT2D eigenvalue weighted by atomic mass is 9.97. The summed E-state index contributed by atoms with van der Waals surface area (Å²) >= 11 is 7.62. The molecule has 1 saturated heterocycles. The first-order valence-electron chi connectivity index (χ1n) is 8.47. The highest BCUT2D eigenvalue weighted by Crippen LogP contribution is 2.20. The number of nitrogens with one attached hydrogen (secondary N) is 1. The molecule has 3 rings (SSSR count). The largest absolute Gasteiger partial charge is 0.298 e. The zero-order chi connectivity index (χ0) is 17.7. The van der Waals surface area contributed by atoms with Gasteiger partial charge < -0.3 is 0 Å². The Hall–Kier alpha value is -0.920. The highest BCUT2D eigenvalue weighted by molar-refractivity contribution is 7.88. The molecule has 0 spiro atoms. The van der Waals surface area contributed by atoms with Crippen LogP contribution >= 0.6 is 22.9 Å². The molecule has 2 heterocycles. The highest BCUT2D eigenvalue weighted by Gasteiger charge is 2.21. The van der Waals surface area contributed by atoms with Crippen molar-refractivity contribution < 1.29 is 8.42 Å². The first-order chi connectivity index (χ1) is 12.0. The number of nitrogens with zero attached hydrogens (tertiary/aromatic N) is 1. The topological polar surface area (TPSA) is 49.4 Å². The van der Waals surface area contributed by atoms with Crippen LogP contribution in [0.1, 0.15) is 23.3 Å². The van der Waals surface area contributed by atoms with Crippen LogP contribution in [0.3, 0.4) is 0 Å². The molecule has 1 aliphatic heterocycles. The van der Waals surface area contributed by atoms with Gasteiger partial charge in [0.1, 0.15) is 0 Å². The van der Waals surface area contributed by atoms with Crippen LogP contribution in [0.2, 0.25) is 5.02 Å². The fourth-order valence-electron chi connectivity index (χ4n) is 3.07. The predicted molar refractivity (Wildman–Crippen MR) is 104 cm³/mol. The van der Waals surface area contributed by atoms with Crippen LogP contribution in [0.5, 0.6) is 0 Å². The lowest BCUT2D eigenvalue weighted by Crippen LogP contribution is -2.38. The van der Waals surface area contributed by atoms with Crippen LogP contribution in [0.4, 0.5) is 0 Å². The van der Waals surface area contributed by atoms with E-state index in [0.717, 1.165) is 38.0 Å². The van der Waals surface area contributed by atoms with E-state index < -0.39 is 10.0 Å². The molecular weight excluding hydrogens is 376 g/mol. The van der Waals surface area contributed by atoms with E-state index in [9.17, 15) is 8.42 Å². The van der Waals surface area contributed by atoms with Gasteiger partial charge in [0.2, 0.25) is 10.0 Å². The van der Waals surface area contributed by atoms with E-state index in [4.69, 9.17) is 11.6 Å². The minimum Gasteiger partial charge on any atom is -0.298 e. The Morgan fingerprint density at radius 3 is 2.52 bits per heavy atom. The molecule has 2 aromatic rings. The number of hydrogen-bond donors (Lipinski definition) is 1. The second-order valence-electron chi connectivity index (χ2n) is 6.53. The predicted octanol–water partition coefficient (Wildman–Crippen LogP) is 3.73. The maximum Gasteiger partial charge on any atom is 0.215 e. The zero-order valence-electron chi connectivity index (χ0n) is 14.0. The van der Waals surface area contributed by atoms with Crippen molar-refractivity contribution in [2.75, 3.05) is 19.6 Å². The smallest absolute Gasteiger partial charge is 0.215 e. The summed E-state index contributed by atoms with van der Waals surface area (Å²) in [4.78, 5) is 3.84. The maximum atomic E-state index is 12.3. The number of sulfonamides is 1. The third-order valence-electron chi connectivity index (χ3n) is 4.53. The molecule has 1 aliphatic rings. The van der Waals surface area contributed by atoms with E-state index in [0.29, 0.717) is 17.5 Å². The molecule has 1 fully saturated rings. The van der Waals surface area contributed by atoms with Crippen molar-refractivity contribution in [3.8, 4) is 0 Å². The Bertz CT molecular complexity index is 753. The minimum absolute atomic E-state index is 0.00138. The van der Waals surface area contributed by atoms with Crippen LogP contribution in [-0.4, -0.2) is 33.0 Å². The Labute approximate surface area is 158 Å². The van der Waals surface area contributed by atoms with Crippen molar-refractivity contribution in [3.63, 3.8) is 0 Å². The van der Waals surface area contributed by atoms with E-state index in [1.165, 1.54) is 4.88 Å². The summed E-state index contributed by atoms with van der Waals surface area (Å²) in [5, 5.41) is 2.72. The maximum absolute atomic E-state index is 12.3. The first kappa shape index (κ1) is 18.9. The van der Waals surface area contributed by atoms with Gasteiger partial charge in [-0.15, -0.1) is 11.3 Å². The van der Waals surface area contributed by atoms with Crippen LogP contribution in [0, 0.1) is 5.92 Å². The molecule has 136 valence electrons. The van der Waals surface area contributed by atoms with Gasteiger partial charge in [-0.3, -0.25) is 4.90 Å². The highest BCUT2D eigenvalue weighted by atomic mass is 35.5. The molecule has 0 atom stereocenters. The summed E-state index contributed by atoms with van der Waals surface area (Å²) in [6, 6.07) is 11.2. The molecule has 0 bridgehead atoms. The van der Waals surface area contributed by atoms with Gasteiger partial charge in [-0.1, -0.05) is 29.8 Å². The fourth-order valence-corrected chi connectivity index (χ4v) is 5.16. The normalized spacial score (nSPS) is 17.0. The Balaban J connectivity index is 1.42. The quantitative estimate of drug-likeness (QED) is 0.773. The van der Waals surface area contributed by atoms with Gasteiger partial charge >= 0.3 is 0 Å². The number of likely N-dealkylation sites (tertiary alicyclic amines) is 1. The SMILES string of the molecule is O=S(=O)(Cc1ccc(Cl)cc1)NCC1CCN(Cc2cccs2)CC1. The molecule has 0 saturated carbocycles. The van der Waals surface area contributed by atoms with Crippen molar-refractivity contribution >= 4 is 33.0 Å². The summed E-state index contributed by atoms with van der Waals surface area (Å²) in [5.41, 5.74) is 0.752. The minimum atomic E-state index is -3.31. The number of piperidine rings is 1. The van der Waals surface area contributed by atoms with Crippen molar-refractivity contribution in [1.82, 2.24) is 9.62 Å². The van der Waals surface area contributed by atoms with Gasteiger partial charge in [0.05, 0.1) is 5.75 Å². The summed E-state index contributed by atoms with van der Waals surface area (Å²) in [6.07, 6.45) is 2.07. The molecule has 0 amide bonds. The molecular formula is C18H23ClN2O2S2. The van der Waals surface area contributed by atoms with E-state index in [2.05, 4.69) is 27.1 Å². The van der Waals surface area contributed by atoms with Gasteiger partial charge in [0.25, 0.3) is 0 Å². The third-order valence-corrected chi connectivity index (χ3v) is 6.96.